The minimum Gasteiger partial charge on any atom is -0.456 e. The van der Waals surface area contributed by atoms with E-state index in [2.05, 4.69) is 11.9 Å². The highest BCUT2D eigenvalue weighted by Gasteiger charge is 2.26. The number of ether oxygens (including phenoxy) is 1. The number of benzene rings is 1. The standard InChI is InChI=1S/C25H23N3O3/c1-15-9-10-21-19(12-15)23(18-7-3-4-8-20(18)27-21)25(30)31-14-17-13-22(29)28-11-5-6-16(2)24(28)26-17/h3-8,11,13,15H,9-10,12,14H2,1-2H3/t15-/m0/s1. The van der Waals surface area contributed by atoms with Gasteiger partial charge in [-0.3, -0.25) is 14.2 Å². The van der Waals surface area contributed by atoms with Crippen molar-refractivity contribution in [3.05, 3.63) is 87.1 Å². The molecule has 1 aromatic carbocycles. The molecule has 1 aliphatic rings. The van der Waals surface area contributed by atoms with Crippen LogP contribution in [-0.2, 0) is 24.2 Å². The van der Waals surface area contributed by atoms with Gasteiger partial charge in [0.15, 0.2) is 0 Å². The summed E-state index contributed by atoms with van der Waals surface area (Å²) in [7, 11) is 0. The summed E-state index contributed by atoms with van der Waals surface area (Å²) in [6, 6.07) is 12.8. The molecule has 0 bridgehead atoms. The second-order valence-electron chi connectivity index (χ2n) is 8.32. The quantitative estimate of drug-likeness (QED) is 0.474. The lowest BCUT2D eigenvalue weighted by Crippen LogP contribution is -2.20. The maximum atomic E-state index is 13.3. The number of nitrogens with zero attached hydrogens (tertiary/aromatic N) is 3. The highest BCUT2D eigenvalue weighted by atomic mass is 16.5. The second kappa shape index (κ2) is 7.61. The molecule has 156 valence electrons. The van der Waals surface area contributed by atoms with Crippen molar-refractivity contribution in [1.29, 1.82) is 0 Å². The lowest BCUT2D eigenvalue weighted by Gasteiger charge is -2.24. The number of aryl methyl sites for hydroxylation is 2. The van der Waals surface area contributed by atoms with Crippen LogP contribution < -0.4 is 5.56 Å². The summed E-state index contributed by atoms with van der Waals surface area (Å²) in [5.41, 5.74) is 5.08. The Morgan fingerprint density at radius 3 is 2.90 bits per heavy atom. The molecule has 0 saturated carbocycles. The van der Waals surface area contributed by atoms with Gasteiger partial charge in [-0.25, -0.2) is 9.78 Å². The van der Waals surface area contributed by atoms with Crippen molar-refractivity contribution in [1.82, 2.24) is 14.4 Å². The Kier molecular flexibility index (Phi) is 4.77. The number of hydrogen-bond donors (Lipinski definition) is 0. The van der Waals surface area contributed by atoms with Gasteiger partial charge in [0.1, 0.15) is 12.3 Å². The van der Waals surface area contributed by atoms with Crippen LogP contribution in [0.25, 0.3) is 16.6 Å². The number of hydrogen-bond acceptors (Lipinski definition) is 5. The number of esters is 1. The van der Waals surface area contributed by atoms with Gasteiger partial charge in [0.2, 0.25) is 0 Å². The van der Waals surface area contributed by atoms with Gasteiger partial charge in [-0.05, 0) is 55.4 Å². The third kappa shape index (κ3) is 3.48. The number of rotatable bonds is 3. The van der Waals surface area contributed by atoms with Gasteiger partial charge >= 0.3 is 5.97 Å². The molecule has 0 unspecified atom stereocenters. The molecule has 4 aromatic rings. The fraction of sp³-hybridized carbons (Fsp3) is 0.280. The molecule has 5 rings (SSSR count). The Morgan fingerprint density at radius 1 is 1.19 bits per heavy atom. The van der Waals surface area contributed by atoms with Crippen molar-refractivity contribution in [2.75, 3.05) is 0 Å². The van der Waals surface area contributed by atoms with Gasteiger partial charge in [-0.2, -0.15) is 0 Å². The molecule has 3 aromatic heterocycles. The average molecular weight is 413 g/mol. The predicted molar refractivity (Wildman–Crippen MR) is 118 cm³/mol. The van der Waals surface area contributed by atoms with E-state index in [4.69, 9.17) is 9.72 Å². The van der Waals surface area contributed by atoms with Crippen LogP contribution >= 0.6 is 0 Å². The van der Waals surface area contributed by atoms with Crippen LogP contribution in [0.15, 0.2) is 53.5 Å². The van der Waals surface area contributed by atoms with E-state index >= 15 is 0 Å². The van der Waals surface area contributed by atoms with Crippen LogP contribution in [0.5, 0.6) is 0 Å². The third-order valence-electron chi connectivity index (χ3n) is 6.00. The van der Waals surface area contributed by atoms with Crippen LogP contribution in [0.2, 0.25) is 0 Å². The zero-order valence-corrected chi connectivity index (χ0v) is 17.6. The highest BCUT2D eigenvalue weighted by molar-refractivity contribution is 6.05. The third-order valence-corrected chi connectivity index (χ3v) is 6.00. The Morgan fingerprint density at radius 2 is 2.03 bits per heavy atom. The first-order valence-corrected chi connectivity index (χ1v) is 10.6. The lowest BCUT2D eigenvalue weighted by atomic mass is 9.84. The SMILES string of the molecule is Cc1cccn2c(=O)cc(COC(=O)c3c4c(nc5ccccc35)CC[C@H](C)C4)nc12. The molecule has 6 heteroatoms. The van der Waals surface area contributed by atoms with Crippen LogP contribution in [0, 0.1) is 12.8 Å². The summed E-state index contributed by atoms with van der Waals surface area (Å²) in [4.78, 5) is 35.0. The van der Waals surface area contributed by atoms with E-state index in [0.717, 1.165) is 47.0 Å². The molecule has 1 atom stereocenters. The van der Waals surface area contributed by atoms with Crippen molar-refractivity contribution >= 4 is 22.5 Å². The monoisotopic (exact) mass is 413 g/mol. The zero-order valence-electron chi connectivity index (χ0n) is 17.6. The van der Waals surface area contributed by atoms with Crippen molar-refractivity contribution in [2.24, 2.45) is 5.92 Å². The fourth-order valence-electron chi connectivity index (χ4n) is 4.39. The molecule has 31 heavy (non-hydrogen) atoms. The van der Waals surface area contributed by atoms with Gasteiger partial charge in [0.05, 0.1) is 16.8 Å². The topological polar surface area (TPSA) is 73.6 Å². The molecule has 0 N–H and O–H groups in total. The van der Waals surface area contributed by atoms with Crippen molar-refractivity contribution < 1.29 is 9.53 Å². The van der Waals surface area contributed by atoms with E-state index in [0.29, 0.717) is 22.8 Å². The maximum absolute atomic E-state index is 13.3. The summed E-state index contributed by atoms with van der Waals surface area (Å²) < 4.78 is 7.18. The van der Waals surface area contributed by atoms with E-state index < -0.39 is 5.97 Å². The number of carbonyl (C=O) groups is 1. The molecule has 0 saturated heterocycles. The fourth-order valence-corrected chi connectivity index (χ4v) is 4.39. The summed E-state index contributed by atoms with van der Waals surface area (Å²) in [6.45, 7) is 4.04. The number of pyridine rings is 2. The van der Waals surface area contributed by atoms with E-state index in [1.165, 1.54) is 10.5 Å². The molecule has 0 aliphatic heterocycles. The van der Waals surface area contributed by atoms with Gasteiger partial charge < -0.3 is 4.74 Å². The van der Waals surface area contributed by atoms with Crippen molar-refractivity contribution in [3.8, 4) is 0 Å². The number of aromatic nitrogens is 3. The second-order valence-corrected chi connectivity index (χ2v) is 8.32. The van der Waals surface area contributed by atoms with Crippen LogP contribution in [0.1, 0.15) is 46.2 Å². The minimum atomic E-state index is -0.393. The van der Waals surface area contributed by atoms with Crippen LogP contribution in [0.3, 0.4) is 0 Å². The van der Waals surface area contributed by atoms with Crippen molar-refractivity contribution in [2.45, 2.75) is 39.7 Å². The van der Waals surface area contributed by atoms with Crippen LogP contribution in [0.4, 0.5) is 0 Å². The molecule has 6 nitrogen and oxygen atoms in total. The first kappa shape index (κ1) is 19.4. The summed E-state index contributed by atoms with van der Waals surface area (Å²) in [6.07, 6.45) is 4.43. The lowest BCUT2D eigenvalue weighted by molar-refractivity contribution is 0.0468. The molecular weight excluding hydrogens is 390 g/mol. The summed E-state index contributed by atoms with van der Waals surface area (Å²) in [5.74, 6) is 0.0999. The van der Waals surface area contributed by atoms with Crippen molar-refractivity contribution in [3.63, 3.8) is 0 Å². The number of fused-ring (bicyclic) bond motifs is 3. The van der Waals surface area contributed by atoms with E-state index in [9.17, 15) is 9.59 Å². The number of para-hydroxylation sites is 1. The van der Waals surface area contributed by atoms with Crippen LogP contribution in [-0.4, -0.2) is 20.3 Å². The number of carbonyl (C=O) groups excluding carboxylic acids is 1. The summed E-state index contributed by atoms with van der Waals surface area (Å²) >= 11 is 0. The molecule has 3 heterocycles. The van der Waals surface area contributed by atoms with Gasteiger partial charge in [-0.15, -0.1) is 0 Å². The molecule has 1 aliphatic carbocycles. The van der Waals surface area contributed by atoms with Gasteiger partial charge in [0, 0.05) is 23.3 Å². The zero-order chi connectivity index (χ0) is 21.5. The van der Waals surface area contributed by atoms with E-state index in [1.807, 2.05) is 43.3 Å². The Hall–Kier alpha value is -3.54. The molecule has 0 spiro atoms. The normalized spacial score (nSPS) is 15.7. The predicted octanol–water partition coefficient (Wildman–Crippen LogP) is 4.03. The van der Waals surface area contributed by atoms with E-state index in [-0.39, 0.29) is 12.2 Å². The van der Waals surface area contributed by atoms with E-state index in [1.54, 1.807) is 6.20 Å². The summed E-state index contributed by atoms with van der Waals surface area (Å²) in [5, 5.41) is 0.808. The molecule has 0 amide bonds. The average Bonchev–Trinajstić information content (AvgIpc) is 2.76. The highest BCUT2D eigenvalue weighted by Crippen LogP contribution is 2.32. The van der Waals surface area contributed by atoms with Gasteiger partial charge in [0.25, 0.3) is 5.56 Å². The smallest absolute Gasteiger partial charge is 0.339 e. The van der Waals surface area contributed by atoms with Gasteiger partial charge in [-0.1, -0.05) is 31.2 Å². The molecular formula is C25H23N3O3. The maximum Gasteiger partial charge on any atom is 0.339 e. The Balaban J connectivity index is 1.52. The first-order chi connectivity index (χ1) is 15.0. The molecule has 0 fully saturated rings. The first-order valence-electron chi connectivity index (χ1n) is 10.6. The molecule has 0 radical (unpaired) electrons. The Labute approximate surface area is 179 Å². The minimum absolute atomic E-state index is 0.0557. The largest absolute Gasteiger partial charge is 0.456 e. The Bertz CT molecular complexity index is 1390.